The molecule has 1 amide bonds. The number of aromatic carboxylic acids is 1. The molecule has 9 heteroatoms. The van der Waals surface area contributed by atoms with E-state index in [1.54, 1.807) is 13.8 Å². The Morgan fingerprint density at radius 3 is 2.40 bits per heavy atom. The van der Waals surface area contributed by atoms with Crippen LogP contribution in [0.3, 0.4) is 0 Å². The van der Waals surface area contributed by atoms with Gasteiger partial charge in [0, 0.05) is 12.3 Å². The second-order valence-corrected chi connectivity index (χ2v) is 6.85. The molecule has 1 heterocycles. The zero-order valence-corrected chi connectivity index (χ0v) is 16.7. The highest BCUT2D eigenvalue weighted by molar-refractivity contribution is 5.87. The van der Waals surface area contributed by atoms with Crippen LogP contribution in [0, 0.1) is 5.92 Å². The summed E-state index contributed by atoms with van der Waals surface area (Å²) in [6, 6.07) is 10.5. The van der Waals surface area contributed by atoms with Gasteiger partial charge in [0.1, 0.15) is 19.3 Å². The van der Waals surface area contributed by atoms with Crippen LogP contribution in [0.1, 0.15) is 29.8 Å². The number of ether oxygens (including phenoxy) is 2. The molecule has 1 aromatic carbocycles. The van der Waals surface area contributed by atoms with Crippen molar-refractivity contribution in [1.82, 2.24) is 9.88 Å². The number of carboxylic acid groups (broad SMARTS) is 1. The van der Waals surface area contributed by atoms with Gasteiger partial charge in [0.2, 0.25) is 0 Å². The molecule has 0 aliphatic rings. The van der Waals surface area contributed by atoms with Crippen LogP contribution in [0.2, 0.25) is 0 Å². The summed E-state index contributed by atoms with van der Waals surface area (Å²) in [7, 11) is 0. The molecule has 2 aromatic rings. The minimum Gasteiger partial charge on any atom is -0.478 e. The van der Waals surface area contributed by atoms with Gasteiger partial charge in [-0.05, 0) is 17.5 Å². The van der Waals surface area contributed by atoms with Gasteiger partial charge in [0.05, 0.1) is 12.1 Å². The van der Waals surface area contributed by atoms with Gasteiger partial charge in [0.15, 0.2) is 0 Å². The molecule has 0 radical (unpaired) electrons. The van der Waals surface area contributed by atoms with Gasteiger partial charge in [-0.1, -0.05) is 44.2 Å². The average Bonchev–Trinajstić information content (AvgIpc) is 2.72. The summed E-state index contributed by atoms with van der Waals surface area (Å²) in [5.41, 5.74) is 0.341. The van der Waals surface area contributed by atoms with Crippen molar-refractivity contribution in [1.29, 1.82) is 0 Å². The zero-order chi connectivity index (χ0) is 22.1. The third-order valence-corrected chi connectivity index (χ3v) is 4.21. The third-order valence-electron chi connectivity index (χ3n) is 4.21. The second kappa shape index (κ2) is 10.8. The Kier molecular flexibility index (Phi) is 8.16. The first-order valence-electron chi connectivity index (χ1n) is 9.35. The number of carbonyl (C=O) groups excluding carboxylic acids is 2. The number of hydrogen-bond acceptors (Lipinski definition) is 6. The smallest absolute Gasteiger partial charge is 0.408 e. The van der Waals surface area contributed by atoms with E-state index in [1.807, 2.05) is 30.3 Å². The monoisotopic (exact) mass is 416 g/mol. The molecule has 2 rings (SSSR count). The standard InChI is InChI=1S/C21H24N2O7/c1-14(2)18(22-21(28)30-13-15-6-4-3-5-7-15)20(27)29-11-10-23-12-16(19(25)26)8-9-17(23)24/h3-9,12,14,18H,10-11,13H2,1-2H3,(H,22,28)(H,25,26)/t18-/m0/s1. The number of benzene rings is 1. The van der Waals surface area contributed by atoms with E-state index in [4.69, 9.17) is 14.6 Å². The van der Waals surface area contributed by atoms with Crippen LogP contribution in [0.25, 0.3) is 0 Å². The lowest BCUT2D eigenvalue weighted by Crippen LogP contribution is -2.45. The molecule has 0 aliphatic carbocycles. The first-order valence-corrected chi connectivity index (χ1v) is 9.35. The van der Waals surface area contributed by atoms with Gasteiger partial charge in [-0.25, -0.2) is 14.4 Å². The van der Waals surface area contributed by atoms with Crippen LogP contribution >= 0.6 is 0 Å². The maximum atomic E-state index is 12.4. The molecule has 0 bridgehead atoms. The number of esters is 1. The zero-order valence-electron chi connectivity index (χ0n) is 16.7. The molecule has 0 saturated carbocycles. The molecule has 0 unspecified atom stereocenters. The lowest BCUT2D eigenvalue weighted by atomic mass is 10.1. The number of aromatic nitrogens is 1. The summed E-state index contributed by atoms with van der Waals surface area (Å²) in [6.45, 7) is 3.37. The molecule has 1 aromatic heterocycles. The lowest BCUT2D eigenvalue weighted by molar-refractivity contribution is -0.147. The topological polar surface area (TPSA) is 124 Å². The molecule has 160 valence electrons. The maximum absolute atomic E-state index is 12.4. The highest BCUT2D eigenvalue weighted by Crippen LogP contribution is 2.06. The average molecular weight is 416 g/mol. The Morgan fingerprint density at radius 2 is 1.77 bits per heavy atom. The van der Waals surface area contributed by atoms with Crippen LogP contribution in [0.4, 0.5) is 4.79 Å². The van der Waals surface area contributed by atoms with Crippen molar-refractivity contribution in [2.45, 2.75) is 33.0 Å². The van der Waals surface area contributed by atoms with Gasteiger partial charge in [-0.2, -0.15) is 0 Å². The first kappa shape index (κ1) is 22.7. The van der Waals surface area contributed by atoms with E-state index < -0.39 is 29.6 Å². The highest BCUT2D eigenvalue weighted by Gasteiger charge is 2.26. The lowest BCUT2D eigenvalue weighted by Gasteiger charge is -2.20. The summed E-state index contributed by atoms with van der Waals surface area (Å²) in [6.07, 6.45) is 0.428. The van der Waals surface area contributed by atoms with Crippen molar-refractivity contribution in [2.75, 3.05) is 6.61 Å². The fraction of sp³-hybridized carbons (Fsp3) is 0.333. The van der Waals surface area contributed by atoms with Crippen molar-refractivity contribution >= 4 is 18.0 Å². The molecule has 0 spiro atoms. The minimum atomic E-state index is -1.17. The van der Waals surface area contributed by atoms with Crippen molar-refractivity contribution in [3.63, 3.8) is 0 Å². The number of carbonyl (C=O) groups is 3. The van der Waals surface area contributed by atoms with Gasteiger partial charge in [-0.3, -0.25) is 4.79 Å². The Balaban J connectivity index is 1.88. The van der Waals surface area contributed by atoms with Crippen LogP contribution in [-0.4, -0.2) is 40.4 Å². The third kappa shape index (κ3) is 6.77. The summed E-state index contributed by atoms with van der Waals surface area (Å²) < 4.78 is 11.4. The Bertz CT molecular complexity index is 938. The van der Waals surface area contributed by atoms with Crippen LogP contribution in [0.5, 0.6) is 0 Å². The Labute approximate surface area is 173 Å². The molecule has 0 aliphatic heterocycles. The number of rotatable bonds is 9. The maximum Gasteiger partial charge on any atom is 0.408 e. The summed E-state index contributed by atoms with van der Waals surface area (Å²) in [5.74, 6) is -2.11. The van der Waals surface area contributed by atoms with Gasteiger partial charge >= 0.3 is 18.0 Å². The number of nitrogens with one attached hydrogen (secondary N) is 1. The molecular formula is C21H24N2O7. The fourth-order valence-electron chi connectivity index (χ4n) is 2.56. The van der Waals surface area contributed by atoms with Crippen LogP contribution < -0.4 is 10.9 Å². The fourth-order valence-corrected chi connectivity index (χ4v) is 2.56. The highest BCUT2D eigenvalue weighted by atomic mass is 16.6. The predicted molar refractivity (Wildman–Crippen MR) is 107 cm³/mol. The van der Waals surface area contributed by atoms with Gasteiger partial charge < -0.3 is 24.5 Å². The normalized spacial score (nSPS) is 11.6. The Morgan fingerprint density at radius 1 is 1.07 bits per heavy atom. The van der Waals surface area contributed by atoms with Crippen molar-refractivity contribution in [3.8, 4) is 0 Å². The number of carboxylic acids is 1. The van der Waals surface area contributed by atoms with E-state index in [0.717, 1.165) is 16.2 Å². The largest absolute Gasteiger partial charge is 0.478 e. The van der Waals surface area contributed by atoms with E-state index in [9.17, 15) is 19.2 Å². The van der Waals surface area contributed by atoms with Crippen LogP contribution in [-0.2, 0) is 27.4 Å². The number of hydrogen-bond donors (Lipinski definition) is 2. The molecule has 30 heavy (non-hydrogen) atoms. The van der Waals surface area contributed by atoms with Crippen molar-refractivity contribution in [3.05, 3.63) is 70.1 Å². The van der Waals surface area contributed by atoms with E-state index in [-0.39, 0.29) is 31.2 Å². The van der Waals surface area contributed by atoms with Gasteiger partial charge in [0.25, 0.3) is 5.56 Å². The number of alkyl carbamates (subject to hydrolysis) is 1. The molecule has 0 fully saturated rings. The quantitative estimate of drug-likeness (QED) is 0.600. The molecule has 1 atom stereocenters. The first-order chi connectivity index (χ1) is 14.3. The number of pyridine rings is 1. The Hall–Kier alpha value is -3.62. The van der Waals surface area contributed by atoms with Crippen LogP contribution in [0.15, 0.2) is 53.5 Å². The van der Waals surface area contributed by atoms with Gasteiger partial charge in [-0.15, -0.1) is 0 Å². The van der Waals surface area contributed by atoms with Crippen molar-refractivity contribution in [2.24, 2.45) is 5.92 Å². The molecule has 2 N–H and O–H groups in total. The summed E-state index contributed by atoms with van der Waals surface area (Å²) >= 11 is 0. The van der Waals surface area contributed by atoms with Crippen molar-refractivity contribution < 1.29 is 29.0 Å². The number of nitrogens with zero attached hydrogens (tertiary/aromatic N) is 1. The second-order valence-electron chi connectivity index (χ2n) is 6.85. The SMILES string of the molecule is CC(C)[C@H](NC(=O)OCc1ccccc1)C(=O)OCCn1cc(C(=O)O)ccc1=O. The number of amides is 1. The molecule has 0 saturated heterocycles. The summed E-state index contributed by atoms with van der Waals surface area (Å²) in [4.78, 5) is 47.2. The van der Waals surface area contributed by atoms with E-state index in [2.05, 4.69) is 5.32 Å². The summed E-state index contributed by atoms with van der Waals surface area (Å²) in [5, 5.41) is 11.5. The van der Waals surface area contributed by atoms with E-state index in [1.165, 1.54) is 12.3 Å². The predicted octanol–water partition coefficient (Wildman–Crippen LogP) is 2.04. The molecule has 9 nitrogen and oxygen atoms in total. The molecular weight excluding hydrogens is 392 g/mol. The minimum absolute atomic E-state index is 0.0189. The van der Waals surface area contributed by atoms with E-state index in [0.29, 0.717) is 0 Å². The van der Waals surface area contributed by atoms with E-state index >= 15 is 0 Å².